The zero-order chi connectivity index (χ0) is 25.0. The van der Waals surface area contributed by atoms with Gasteiger partial charge < -0.3 is 14.6 Å². The van der Waals surface area contributed by atoms with E-state index < -0.39 is 9.84 Å². The Hall–Kier alpha value is -3.91. The predicted molar refractivity (Wildman–Crippen MR) is 136 cm³/mol. The molecule has 35 heavy (non-hydrogen) atoms. The largest absolute Gasteiger partial charge is 0.441 e. The zero-order valence-corrected chi connectivity index (χ0v) is 20.7. The molecule has 8 heteroatoms. The van der Waals surface area contributed by atoms with Crippen molar-refractivity contribution in [2.75, 3.05) is 19.0 Å². The first-order valence-corrected chi connectivity index (χ1v) is 12.8. The van der Waals surface area contributed by atoms with E-state index in [0.717, 1.165) is 11.3 Å². The van der Waals surface area contributed by atoms with Crippen LogP contribution in [0, 0.1) is 6.92 Å². The minimum absolute atomic E-state index is 0.188. The summed E-state index contributed by atoms with van der Waals surface area (Å²) in [6.45, 7) is 2.12. The summed E-state index contributed by atoms with van der Waals surface area (Å²) in [5.41, 5.74) is 3.64. The summed E-state index contributed by atoms with van der Waals surface area (Å²) in [4.78, 5) is 19.2. The second-order valence-corrected chi connectivity index (χ2v) is 10.4. The Morgan fingerprint density at radius 1 is 0.943 bits per heavy atom. The molecule has 3 aromatic carbocycles. The maximum absolute atomic E-state index is 12.7. The number of hydrogen-bond acceptors (Lipinski definition) is 6. The SMILES string of the molecule is Cc1oc(-c2ccc(C(=O)NCc3ccc(N(C)C)cc3)cc2)nc1CS(=O)(=O)c1ccccc1. The molecule has 0 aliphatic carbocycles. The molecule has 0 radical (unpaired) electrons. The average Bonchev–Trinajstić information content (AvgIpc) is 3.22. The molecule has 4 aromatic rings. The van der Waals surface area contributed by atoms with Gasteiger partial charge in [-0.15, -0.1) is 0 Å². The second kappa shape index (κ2) is 10.1. The van der Waals surface area contributed by atoms with E-state index in [0.29, 0.717) is 35.0 Å². The Morgan fingerprint density at radius 2 is 1.60 bits per heavy atom. The lowest BCUT2D eigenvalue weighted by Gasteiger charge is -2.13. The average molecular weight is 490 g/mol. The maximum atomic E-state index is 12.7. The highest BCUT2D eigenvalue weighted by molar-refractivity contribution is 7.90. The van der Waals surface area contributed by atoms with Crippen LogP contribution >= 0.6 is 0 Å². The first kappa shape index (κ1) is 24.2. The molecule has 0 saturated carbocycles. The molecule has 0 atom stereocenters. The summed E-state index contributed by atoms with van der Waals surface area (Å²) in [6, 6.07) is 23.1. The van der Waals surface area contributed by atoms with Crippen molar-refractivity contribution in [1.29, 1.82) is 0 Å². The van der Waals surface area contributed by atoms with Crippen molar-refractivity contribution < 1.29 is 17.6 Å². The van der Waals surface area contributed by atoms with Gasteiger partial charge in [-0.1, -0.05) is 30.3 Å². The summed E-state index contributed by atoms with van der Waals surface area (Å²) in [7, 11) is 0.423. The summed E-state index contributed by atoms with van der Waals surface area (Å²) < 4.78 is 31.1. The van der Waals surface area contributed by atoms with Gasteiger partial charge in [-0.3, -0.25) is 4.79 Å². The van der Waals surface area contributed by atoms with Crippen molar-refractivity contribution in [3.63, 3.8) is 0 Å². The van der Waals surface area contributed by atoms with Crippen LogP contribution in [0.25, 0.3) is 11.5 Å². The fraction of sp³-hybridized carbons (Fsp3) is 0.185. The van der Waals surface area contributed by atoms with E-state index in [1.165, 1.54) is 0 Å². The van der Waals surface area contributed by atoms with E-state index >= 15 is 0 Å². The number of sulfone groups is 1. The van der Waals surface area contributed by atoms with Gasteiger partial charge in [0, 0.05) is 37.5 Å². The fourth-order valence-corrected chi connectivity index (χ4v) is 4.90. The van der Waals surface area contributed by atoms with Crippen LogP contribution in [0.15, 0.2) is 88.2 Å². The van der Waals surface area contributed by atoms with Crippen LogP contribution in [-0.4, -0.2) is 33.4 Å². The Bertz CT molecular complexity index is 1410. The molecule has 0 aliphatic rings. The van der Waals surface area contributed by atoms with Crippen molar-refractivity contribution in [3.05, 3.63) is 101 Å². The number of rotatable bonds is 8. The molecule has 180 valence electrons. The molecule has 1 aromatic heterocycles. The first-order chi connectivity index (χ1) is 16.7. The van der Waals surface area contributed by atoms with Gasteiger partial charge in [0.25, 0.3) is 5.91 Å². The molecular formula is C27H27N3O4S. The number of carbonyl (C=O) groups excluding carboxylic acids is 1. The van der Waals surface area contributed by atoms with Crippen molar-refractivity contribution in [2.45, 2.75) is 24.1 Å². The molecule has 4 rings (SSSR count). The number of aryl methyl sites for hydroxylation is 1. The molecule has 1 heterocycles. The van der Waals surface area contributed by atoms with Crippen LogP contribution in [0.2, 0.25) is 0 Å². The fourth-order valence-electron chi connectivity index (χ4n) is 3.54. The number of anilines is 1. The highest BCUT2D eigenvalue weighted by atomic mass is 32.2. The molecule has 0 unspecified atom stereocenters. The number of hydrogen-bond donors (Lipinski definition) is 1. The summed E-state index contributed by atoms with van der Waals surface area (Å²) in [5, 5.41) is 2.92. The lowest BCUT2D eigenvalue weighted by atomic mass is 10.1. The lowest BCUT2D eigenvalue weighted by molar-refractivity contribution is 0.0951. The lowest BCUT2D eigenvalue weighted by Crippen LogP contribution is -2.22. The molecule has 0 saturated heterocycles. The van der Waals surface area contributed by atoms with E-state index in [1.807, 2.05) is 43.3 Å². The van der Waals surface area contributed by atoms with Crippen LogP contribution in [0.1, 0.15) is 27.4 Å². The number of aromatic nitrogens is 1. The van der Waals surface area contributed by atoms with Crippen LogP contribution in [-0.2, 0) is 22.1 Å². The number of carbonyl (C=O) groups is 1. The van der Waals surface area contributed by atoms with Crippen molar-refractivity contribution >= 4 is 21.4 Å². The molecule has 1 amide bonds. The third kappa shape index (κ3) is 5.78. The van der Waals surface area contributed by atoms with Gasteiger partial charge in [0.2, 0.25) is 5.89 Å². The van der Waals surface area contributed by atoms with Gasteiger partial charge in [0.15, 0.2) is 9.84 Å². The third-order valence-corrected chi connectivity index (χ3v) is 7.27. The van der Waals surface area contributed by atoms with Crippen LogP contribution in [0.4, 0.5) is 5.69 Å². The Labute approximate surface area is 205 Å². The molecule has 7 nitrogen and oxygen atoms in total. The van der Waals surface area contributed by atoms with Gasteiger partial charge in [-0.2, -0.15) is 0 Å². The van der Waals surface area contributed by atoms with Gasteiger partial charge in [0.1, 0.15) is 11.5 Å². The molecule has 0 bridgehead atoms. The number of oxazole rings is 1. The van der Waals surface area contributed by atoms with E-state index in [9.17, 15) is 13.2 Å². The van der Waals surface area contributed by atoms with Gasteiger partial charge >= 0.3 is 0 Å². The summed E-state index contributed by atoms with van der Waals surface area (Å²) >= 11 is 0. The topological polar surface area (TPSA) is 92.5 Å². The predicted octanol–water partition coefficient (Wildman–Crippen LogP) is 4.62. The van der Waals surface area contributed by atoms with Crippen molar-refractivity contribution in [3.8, 4) is 11.5 Å². The Balaban J connectivity index is 1.42. The number of nitrogens with zero attached hydrogens (tertiary/aromatic N) is 2. The first-order valence-electron chi connectivity index (χ1n) is 11.1. The van der Waals surface area contributed by atoms with Crippen LogP contribution in [0.5, 0.6) is 0 Å². The molecular weight excluding hydrogens is 462 g/mol. The maximum Gasteiger partial charge on any atom is 0.251 e. The Kier molecular flexibility index (Phi) is 7.02. The number of benzene rings is 3. The second-order valence-electron chi connectivity index (χ2n) is 8.41. The van der Waals surface area contributed by atoms with Crippen LogP contribution in [0.3, 0.4) is 0 Å². The van der Waals surface area contributed by atoms with Crippen LogP contribution < -0.4 is 10.2 Å². The number of nitrogens with one attached hydrogen (secondary N) is 1. The number of amides is 1. The molecule has 0 fully saturated rings. The summed E-state index contributed by atoms with van der Waals surface area (Å²) in [5.74, 6) is 0.323. The highest BCUT2D eigenvalue weighted by Gasteiger charge is 2.21. The normalized spacial score (nSPS) is 11.3. The minimum Gasteiger partial charge on any atom is -0.441 e. The van der Waals surface area contributed by atoms with Crippen molar-refractivity contribution in [1.82, 2.24) is 10.3 Å². The standard InChI is InChI=1S/C27H27N3O4S/c1-19-25(18-35(32,33)24-7-5-4-6-8-24)29-27(34-19)22-13-11-21(12-14-22)26(31)28-17-20-9-15-23(16-10-20)30(2)3/h4-16H,17-18H2,1-3H3,(H,28,31). The molecule has 0 spiro atoms. The smallest absolute Gasteiger partial charge is 0.251 e. The summed E-state index contributed by atoms with van der Waals surface area (Å²) in [6.07, 6.45) is 0. The van der Waals surface area contributed by atoms with Gasteiger partial charge in [0.05, 0.1) is 10.6 Å². The van der Waals surface area contributed by atoms with Gasteiger partial charge in [-0.05, 0) is 61.0 Å². The van der Waals surface area contributed by atoms with E-state index in [2.05, 4.69) is 10.3 Å². The van der Waals surface area contributed by atoms with Gasteiger partial charge in [-0.25, -0.2) is 13.4 Å². The van der Waals surface area contributed by atoms with E-state index in [1.54, 1.807) is 61.5 Å². The quantitative estimate of drug-likeness (QED) is 0.388. The molecule has 1 N–H and O–H groups in total. The monoisotopic (exact) mass is 489 g/mol. The van der Waals surface area contributed by atoms with E-state index in [-0.39, 0.29) is 16.6 Å². The minimum atomic E-state index is -3.54. The molecule has 0 aliphatic heterocycles. The Morgan fingerprint density at radius 3 is 2.23 bits per heavy atom. The third-order valence-electron chi connectivity index (χ3n) is 5.62. The highest BCUT2D eigenvalue weighted by Crippen LogP contribution is 2.25. The van der Waals surface area contributed by atoms with Crippen molar-refractivity contribution in [2.24, 2.45) is 0 Å². The zero-order valence-electron chi connectivity index (χ0n) is 19.9. The van der Waals surface area contributed by atoms with E-state index in [4.69, 9.17) is 4.42 Å².